The van der Waals surface area contributed by atoms with E-state index in [4.69, 9.17) is 5.73 Å². The SMILES string of the molecule is CC(Sc1ccncn1)(C(N)=O)c1ccccc1. The van der Waals surface area contributed by atoms with Gasteiger partial charge in [-0.25, -0.2) is 9.97 Å². The van der Waals surface area contributed by atoms with Crippen LogP contribution in [0.1, 0.15) is 12.5 Å². The van der Waals surface area contributed by atoms with E-state index in [9.17, 15) is 4.79 Å². The average molecular weight is 259 g/mol. The fourth-order valence-electron chi connectivity index (χ4n) is 1.56. The molecule has 5 heteroatoms. The maximum atomic E-state index is 11.8. The highest BCUT2D eigenvalue weighted by atomic mass is 32.2. The van der Waals surface area contributed by atoms with Crippen molar-refractivity contribution in [2.45, 2.75) is 16.7 Å². The van der Waals surface area contributed by atoms with Crippen molar-refractivity contribution in [3.8, 4) is 0 Å². The molecule has 1 heterocycles. The Bertz CT molecular complexity index is 532. The number of nitrogens with zero attached hydrogens (tertiary/aromatic N) is 2. The van der Waals surface area contributed by atoms with Gasteiger partial charge >= 0.3 is 0 Å². The van der Waals surface area contributed by atoms with Crippen LogP contribution < -0.4 is 5.73 Å². The van der Waals surface area contributed by atoms with Gasteiger partial charge in [-0.05, 0) is 18.6 Å². The molecule has 4 nitrogen and oxygen atoms in total. The summed E-state index contributed by atoms with van der Waals surface area (Å²) in [7, 11) is 0. The molecular weight excluding hydrogens is 246 g/mol. The molecule has 0 aliphatic carbocycles. The van der Waals surface area contributed by atoms with Gasteiger partial charge in [0.2, 0.25) is 5.91 Å². The second-order valence-electron chi connectivity index (χ2n) is 3.91. The molecule has 0 radical (unpaired) electrons. The zero-order valence-electron chi connectivity index (χ0n) is 9.91. The monoisotopic (exact) mass is 259 g/mol. The number of thioether (sulfide) groups is 1. The molecule has 2 rings (SSSR count). The highest BCUT2D eigenvalue weighted by Gasteiger charge is 2.34. The highest BCUT2D eigenvalue weighted by Crippen LogP contribution is 2.39. The summed E-state index contributed by atoms with van der Waals surface area (Å²) in [6, 6.07) is 11.2. The third kappa shape index (κ3) is 2.51. The van der Waals surface area contributed by atoms with Crippen LogP contribution in [0.25, 0.3) is 0 Å². The lowest BCUT2D eigenvalue weighted by molar-refractivity contribution is -0.120. The number of benzene rings is 1. The zero-order valence-corrected chi connectivity index (χ0v) is 10.7. The number of carbonyl (C=O) groups excluding carboxylic acids is 1. The Morgan fingerprint density at radius 1 is 1.28 bits per heavy atom. The predicted molar refractivity (Wildman–Crippen MR) is 70.9 cm³/mol. The van der Waals surface area contributed by atoms with Gasteiger partial charge in [-0.1, -0.05) is 42.1 Å². The zero-order chi connectivity index (χ0) is 13.0. The van der Waals surface area contributed by atoms with Crippen molar-refractivity contribution in [2.75, 3.05) is 0 Å². The van der Waals surface area contributed by atoms with Gasteiger partial charge in [0.25, 0.3) is 0 Å². The molecule has 1 amide bonds. The van der Waals surface area contributed by atoms with Gasteiger partial charge in [0.15, 0.2) is 0 Å². The summed E-state index contributed by atoms with van der Waals surface area (Å²) in [6.07, 6.45) is 3.09. The predicted octanol–water partition coefficient (Wildman–Crippen LogP) is 1.97. The molecule has 18 heavy (non-hydrogen) atoms. The maximum absolute atomic E-state index is 11.8. The number of rotatable bonds is 4. The summed E-state index contributed by atoms with van der Waals surface area (Å²) >= 11 is 1.33. The number of hydrogen-bond donors (Lipinski definition) is 1. The van der Waals surface area contributed by atoms with E-state index in [1.54, 1.807) is 19.2 Å². The lowest BCUT2D eigenvalue weighted by atomic mass is 10.00. The molecule has 1 aromatic carbocycles. The Hall–Kier alpha value is -1.88. The number of primary amides is 1. The summed E-state index contributed by atoms with van der Waals surface area (Å²) < 4.78 is -0.838. The second kappa shape index (κ2) is 5.18. The minimum Gasteiger partial charge on any atom is -0.368 e. The van der Waals surface area contributed by atoms with E-state index in [1.165, 1.54) is 18.1 Å². The highest BCUT2D eigenvalue weighted by molar-refractivity contribution is 8.00. The van der Waals surface area contributed by atoms with Crippen LogP contribution in [-0.2, 0) is 9.54 Å². The Kier molecular flexibility index (Phi) is 3.62. The minimum absolute atomic E-state index is 0.391. The Balaban J connectivity index is 2.37. The molecule has 0 fully saturated rings. The van der Waals surface area contributed by atoms with Crippen molar-refractivity contribution in [3.05, 3.63) is 54.5 Å². The summed E-state index contributed by atoms with van der Waals surface area (Å²) in [5, 5.41) is 0.718. The van der Waals surface area contributed by atoms with E-state index in [0.717, 1.165) is 10.6 Å². The first-order chi connectivity index (χ1) is 8.63. The molecule has 1 aromatic heterocycles. The largest absolute Gasteiger partial charge is 0.368 e. The topological polar surface area (TPSA) is 68.9 Å². The molecule has 2 aromatic rings. The quantitative estimate of drug-likeness (QED) is 0.673. The minimum atomic E-state index is -0.838. The fraction of sp³-hybridized carbons (Fsp3) is 0.154. The van der Waals surface area contributed by atoms with Crippen LogP contribution in [-0.4, -0.2) is 15.9 Å². The number of nitrogens with two attached hydrogens (primary N) is 1. The third-order valence-corrected chi connectivity index (χ3v) is 3.95. The number of amides is 1. The van der Waals surface area contributed by atoms with Crippen LogP contribution in [0, 0.1) is 0 Å². The molecule has 0 aliphatic heterocycles. The summed E-state index contributed by atoms with van der Waals surface area (Å²) in [6.45, 7) is 1.80. The second-order valence-corrected chi connectivity index (χ2v) is 5.35. The van der Waals surface area contributed by atoms with Gasteiger partial charge in [0.05, 0.1) is 0 Å². The number of carbonyl (C=O) groups is 1. The third-order valence-electron chi connectivity index (χ3n) is 2.66. The molecule has 0 spiro atoms. The summed E-state index contributed by atoms with van der Waals surface area (Å²) in [5.74, 6) is -0.391. The molecular formula is C13H13N3OS. The molecule has 0 aliphatic rings. The first-order valence-corrected chi connectivity index (χ1v) is 6.25. The Morgan fingerprint density at radius 3 is 2.56 bits per heavy atom. The molecule has 0 bridgehead atoms. The normalized spacial score (nSPS) is 13.8. The van der Waals surface area contributed by atoms with Crippen LogP contribution in [0.4, 0.5) is 0 Å². The summed E-state index contributed by atoms with van der Waals surface area (Å²) in [4.78, 5) is 19.8. The first kappa shape index (κ1) is 12.6. The van der Waals surface area contributed by atoms with Crippen LogP contribution in [0.5, 0.6) is 0 Å². The maximum Gasteiger partial charge on any atom is 0.238 e. The smallest absolute Gasteiger partial charge is 0.238 e. The van der Waals surface area contributed by atoms with E-state index < -0.39 is 10.7 Å². The van der Waals surface area contributed by atoms with Crippen LogP contribution in [0.2, 0.25) is 0 Å². The van der Waals surface area contributed by atoms with E-state index >= 15 is 0 Å². The first-order valence-electron chi connectivity index (χ1n) is 5.43. The van der Waals surface area contributed by atoms with Gasteiger partial charge in [-0.2, -0.15) is 0 Å². The molecule has 92 valence electrons. The van der Waals surface area contributed by atoms with Crippen molar-refractivity contribution in [3.63, 3.8) is 0 Å². The Labute approximate surface area is 110 Å². The lowest BCUT2D eigenvalue weighted by Crippen LogP contribution is -2.35. The fourth-order valence-corrected chi connectivity index (χ4v) is 2.56. The number of hydrogen-bond acceptors (Lipinski definition) is 4. The van der Waals surface area contributed by atoms with Crippen LogP contribution >= 0.6 is 11.8 Å². The van der Waals surface area contributed by atoms with Gasteiger partial charge in [-0.15, -0.1) is 0 Å². The van der Waals surface area contributed by atoms with Crippen molar-refractivity contribution in [2.24, 2.45) is 5.73 Å². The summed E-state index contributed by atoms with van der Waals surface area (Å²) in [5.41, 5.74) is 6.41. The lowest BCUT2D eigenvalue weighted by Gasteiger charge is -2.25. The van der Waals surface area contributed by atoms with Gasteiger partial charge in [-0.3, -0.25) is 4.79 Å². The van der Waals surface area contributed by atoms with E-state index in [2.05, 4.69) is 9.97 Å². The Morgan fingerprint density at radius 2 is 2.00 bits per heavy atom. The van der Waals surface area contributed by atoms with Crippen LogP contribution in [0.3, 0.4) is 0 Å². The van der Waals surface area contributed by atoms with Crippen molar-refractivity contribution >= 4 is 17.7 Å². The molecule has 0 saturated heterocycles. The standard InChI is InChI=1S/C13H13N3OS/c1-13(12(14)17,10-5-3-2-4-6-10)18-11-7-8-15-9-16-11/h2-9H,1H3,(H2,14,17). The molecule has 0 saturated carbocycles. The average Bonchev–Trinajstić information content (AvgIpc) is 2.40. The van der Waals surface area contributed by atoms with Crippen molar-refractivity contribution < 1.29 is 4.79 Å². The molecule has 2 N–H and O–H groups in total. The molecule has 1 unspecified atom stereocenters. The molecule has 1 atom stereocenters. The van der Waals surface area contributed by atoms with Crippen molar-refractivity contribution in [1.29, 1.82) is 0 Å². The van der Waals surface area contributed by atoms with E-state index in [0.29, 0.717) is 0 Å². The van der Waals surface area contributed by atoms with E-state index in [1.807, 2.05) is 30.3 Å². The van der Waals surface area contributed by atoms with Gasteiger partial charge in [0.1, 0.15) is 16.1 Å². The van der Waals surface area contributed by atoms with E-state index in [-0.39, 0.29) is 0 Å². The number of aromatic nitrogens is 2. The van der Waals surface area contributed by atoms with Crippen LogP contribution in [0.15, 0.2) is 53.9 Å². The van der Waals surface area contributed by atoms with Gasteiger partial charge in [0, 0.05) is 6.20 Å². The van der Waals surface area contributed by atoms with Gasteiger partial charge < -0.3 is 5.73 Å². The van der Waals surface area contributed by atoms with Crippen molar-refractivity contribution in [1.82, 2.24) is 9.97 Å².